The summed E-state index contributed by atoms with van der Waals surface area (Å²) in [5.74, 6) is 0.530. The standard InChI is InChI=1S/C14H22N2O/c1-14(2,3)16-12(10-6-4-5-7-10)9-8-11(15)13(16)17/h8-10H,4-7,15H2,1-3H3. The Morgan fingerprint density at radius 3 is 2.35 bits per heavy atom. The number of aromatic nitrogens is 1. The second-order valence-corrected chi connectivity index (χ2v) is 6.01. The van der Waals surface area contributed by atoms with Crippen molar-refractivity contribution in [1.82, 2.24) is 4.57 Å². The Labute approximate surface area is 103 Å². The molecule has 0 radical (unpaired) electrons. The summed E-state index contributed by atoms with van der Waals surface area (Å²) in [5.41, 5.74) is 7.02. The third-order valence-corrected chi connectivity index (χ3v) is 3.59. The predicted molar refractivity (Wildman–Crippen MR) is 71.3 cm³/mol. The Balaban J connectivity index is 2.59. The van der Waals surface area contributed by atoms with E-state index in [1.807, 2.05) is 10.6 Å². The molecule has 1 heterocycles. The fraction of sp³-hybridized carbons (Fsp3) is 0.643. The maximum absolute atomic E-state index is 12.2. The molecule has 0 aliphatic heterocycles. The molecule has 0 aromatic carbocycles. The van der Waals surface area contributed by atoms with E-state index in [0.29, 0.717) is 11.6 Å². The topological polar surface area (TPSA) is 48.0 Å². The Morgan fingerprint density at radius 2 is 1.82 bits per heavy atom. The first kappa shape index (κ1) is 12.2. The van der Waals surface area contributed by atoms with E-state index >= 15 is 0 Å². The van der Waals surface area contributed by atoms with E-state index < -0.39 is 0 Å². The Morgan fingerprint density at radius 1 is 1.24 bits per heavy atom. The van der Waals surface area contributed by atoms with Crippen LogP contribution in [0.4, 0.5) is 5.69 Å². The molecule has 0 spiro atoms. The molecule has 94 valence electrons. The van der Waals surface area contributed by atoms with Crippen molar-refractivity contribution < 1.29 is 0 Å². The van der Waals surface area contributed by atoms with Gasteiger partial charge >= 0.3 is 0 Å². The molecule has 1 fully saturated rings. The van der Waals surface area contributed by atoms with E-state index in [1.165, 1.54) is 25.7 Å². The molecule has 3 nitrogen and oxygen atoms in total. The average Bonchev–Trinajstić information content (AvgIpc) is 2.73. The molecule has 0 amide bonds. The third kappa shape index (κ3) is 2.24. The van der Waals surface area contributed by atoms with Gasteiger partial charge in [-0.15, -0.1) is 0 Å². The number of nitrogen functional groups attached to an aromatic ring is 1. The SMILES string of the molecule is CC(C)(C)n1c(C2CCCC2)ccc(N)c1=O. The summed E-state index contributed by atoms with van der Waals surface area (Å²) in [4.78, 5) is 12.2. The van der Waals surface area contributed by atoms with Gasteiger partial charge in [-0.05, 0) is 51.7 Å². The van der Waals surface area contributed by atoms with E-state index in [-0.39, 0.29) is 11.1 Å². The Hall–Kier alpha value is -1.25. The Bertz CT molecular complexity index is 462. The van der Waals surface area contributed by atoms with Gasteiger partial charge < -0.3 is 10.3 Å². The predicted octanol–water partition coefficient (Wildman–Crippen LogP) is 2.84. The fourth-order valence-corrected chi connectivity index (χ4v) is 2.80. The monoisotopic (exact) mass is 234 g/mol. The van der Waals surface area contributed by atoms with Gasteiger partial charge in [0.1, 0.15) is 0 Å². The molecule has 1 aromatic heterocycles. The van der Waals surface area contributed by atoms with Crippen molar-refractivity contribution in [2.75, 3.05) is 5.73 Å². The van der Waals surface area contributed by atoms with Gasteiger partial charge in [-0.25, -0.2) is 0 Å². The summed E-state index contributed by atoms with van der Waals surface area (Å²) in [7, 11) is 0. The first-order valence-electron chi connectivity index (χ1n) is 6.43. The molecule has 0 atom stereocenters. The maximum atomic E-state index is 12.2. The third-order valence-electron chi connectivity index (χ3n) is 3.59. The van der Waals surface area contributed by atoms with Gasteiger partial charge in [0.05, 0.1) is 5.69 Å². The number of hydrogen-bond acceptors (Lipinski definition) is 2. The molecule has 1 aliphatic carbocycles. The molecule has 1 aliphatic rings. The zero-order chi connectivity index (χ0) is 12.6. The zero-order valence-corrected chi connectivity index (χ0v) is 11.0. The van der Waals surface area contributed by atoms with Crippen molar-refractivity contribution in [2.24, 2.45) is 0 Å². The summed E-state index contributed by atoms with van der Waals surface area (Å²) in [6.45, 7) is 6.19. The molecule has 2 rings (SSSR count). The number of nitrogens with zero attached hydrogens (tertiary/aromatic N) is 1. The summed E-state index contributed by atoms with van der Waals surface area (Å²) in [6, 6.07) is 3.80. The molecule has 17 heavy (non-hydrogen) atoms. The first-order valence-corrected chi connectivity index (χ1v) is 6.43. The highest BCUT2D eigenvalue weighted by atomic mass is 16.1. The van der Waals surface area contributed by atoms with Crippen molar-refractivity contribution >= 4 is 5.69 Å². The molecular formula is C14H22N2O. The van der Waals surface area contributed by atoms with Crippen LogP contribution in [-0.2, 0) is 5.54 Å². The van der Waals surface area contributed by atoms with Crippen LogP contribution in [-0.4, -0.2) is 4.57 Å². The molecule has 2 N–H and O–H groups in total. The molecule has 1 saturated carbocycles. The lowest BCUT2D eigenvalue weighted by Crippen LogP contribution is -2.37. The van der Waals surface area contributed by atoms with E-state index in [4.69, 9.17) is 5.73 Å². The lowest BCUT2D eigenvalue weighted by Gasteiger charge is -2.29. The largest absolute Gasteiger partial charge is 0.394 e. The van der Waals surface area contributed by atoms with Crippen molar-refractivity contribution in [3.63, 3.8) is 0 Å². The quantitative estimate of drug-likeness (QED) is 0.812. The van der Waals surface area contributed by atoms with Crippen molar-refractivity contribution in [3.05, 3.63) is 28.2 Å². The second-order valence-electron chi connectivity index (χ2n) is 6.01. The lowest BCUT2D eigenvalue weighted by molar-refractivity contribution is 0.362. The van der Waals surface area contributed by atoms with Gasteiger partial charge in [0.25, 0.3) is 5.56 Å². The van der Waals surface area contributed by atoms with Crippen LogP contribution in [0.25, 0.3) is 0 Å². The van der Waals surface area contributed by atoms with Crippen LogP contribution < -0.4 is 11.3 Å². The van der Waals surface area contributed by atoms with E-state index in [1.54, 1.807) is 6.07 Å². The van der Waals surface area contributed by atoms with Crippen LogP contribution in [0.3, 0.4) is 0 Å². The number of rotatable bonds is 1. The second kappa shape index (κ2) is 4.21. The minimum absolute atomic E-state index is 0.0399. The molecule has 3 heteroatoms. The van der Waals surface area contributed by atoms with Gasteiger partial charge in [0.15, 0.2) is 0 Å². The van der Waals surface area contributed by atoms with Gasteiger partial charge in [-0.1, -0.05) is 12.8 Å². The number of hydrogen-bond donors (Lipinski definition) is 1. The molecule has 0 unspecified atom stereocenters. The van der Waals surface area contributed by atoms with Gasteiger partial charge in [0, 0.05) is 11.2 Å². The van der Waals surface area contributed by atoms with Crippen LogP contribution in [0.2, 0.25) is 0 Å². The highest BCUT2D eigenvalue weighted by molar-refractivity contribution is 5.37. The first-order chi connectivity index (χ1) is 7.91. The molecular weight excluding hydrogens is 212 g/mol. The summed E-state index contributed by atoms with van der Waals surface area (Å²) in [6.07, 6.45) is 4.93. The normalized spacial score (nSPS) is 17.6. The van der Waals surface area contributed by atoms with Crippen molar-refractivity contribution in [1.29, 1.82) is 0 Å². The lowest BCUT2D eigenvalue weighted by atomic mass is 9.98. The van der Waals surface area contributed by atoms with Gasteiger partial charge in [-0.3, -0.25) is 4.79 Å². The van der Waals surface area contributed by atoms with E-state index in [9.17, 15) is 4.79 Å². The van der Waals surface area contributed by atoms with Crippen LogP contribution >= 0.6 is 0 Å². The molecule has 0 bridgehead atoms. The molecule has 1 aromatic rings. The number of pyridine rings is 1. The van der Waals surface area contributed by atoms with Crippen LogP contribution in [0.5, 0.6) is 0 Å². The summed E-state index contributed by atoms with van der Waals surface area (Å²) >= 11 is 0. The number of anilines is 1. The van der Waals surface area contributed by atoms with E-state index in [2.05, 4.69) is 20.8 Å². The average molecular weight is 234 g/mol. The minimum Gasteiger partial charge on any atom is -0.394 e. The highest BCUT2D eigenvalue weighted by Crippen LogP contribution is 2.35. The zero-order valence-electron chi connectivity index (χ0n) is 11.0. The van der Waals surface area contributed by atoms with Crippen molar-refractivity contribution in [2.45, 2.75) is 57.9 Å². The molecule has 0 saturated heterocycles. The summed E-state index contributed by atoms with van der Waals surface area (Å²) in [5, 5.41) is 0. The maximum Gasteiger partial charge on any atom is 0.274 e. The Kier molecular flexibility index (Phi) is 3.02. The van der Waals surface area contributed by atoms with Crippen LogP contribution in [0.1, 0.15) is 58.1 Å². The van der Waals surface area contributed by atoms with Crippen molar-refractivity contribution in [3.8, 4) is 0 Å². The van der Waals surface area contributed by atoms with Gasteiger partial charge in [-0.2, -0.15) is 0 Å². The fourth-order valence-electron chi connectivity index (χ4n) is 2.80. The highest BCUT2D eigenvalue weighted by Gasteiger charge is 2.26. The van der Waals surface area contributed by atoms with Crippen LogP contribution in [0.15, 0.2) is 16.9 Å². The minimum atomic E-state index is -0.204. The summed E-state index contributed by atoms with van der Waals surface area (Å²) < 4.78 is 1.89. The van der Waals surface area contributed by atoms with Crippen LogP contribution in [0, 0.1) is 0 Å². The smallest absolute Gasteiger partial charge is 0.274 e. The van der Waals surface area contributed by atoms with Gasteiger partial charge in [0.2, 0.25) is 0 Å². The number of nitrogens with two attached hydrogens (primary N) is 1. The van der Waals surface area contributed by atoms with E-state index in [0.717, 1.165) is 5.69 Å².